The smallest absolute Gasteiger partial charge is 0.222 e. The number of aliphatic hydroxyl groups is 3. The van der Waals surface area contributed by atoms with Gasteiger partial charge in [-0.2, -0.15) is 0 Å². The third kappa shape index (κ3) is 31.3. The van der Waals surface area contributed by atoms with Crippen molar-refractivity contribution in [3.05, 3.63) is 0 Å². The van der Waals surface area contributed by atoms with Gasteiger partial charge in [-0.25, -0.2) is 0 Å². The Morgan fingerprint density at radius 1 is 0.477 bits per heavy atom. The lowest BCUT2D eigenvalue weighted by Gasteiger charge is -2.23. The van der Waals surface area contributed by atoms with Crippen molar-refractivity contribution in [3.63, 3.8) is 0 Å². The van der Waals surface area contributed by atoms with Crippen LogP contribution in [0.3, 0.4) is 0 Å². The summed E-state index contributed by atoms with van der Waals surface area (Å²) in [5.41, 5.74) is 0. The highest BCUT2D eigenvalue weighted by atomic mass is 16.3. The topological polar surface area (TPSA) is 89.8 Å². The number of unbranched alkanes of at least 4 members (excludes halogenated alkanes) is 27. The molecular formula is C39H79NO4. The number of nitrogens with one attached hydrogen (secondary N) is 1. The summed E-state index contributed by atoms with van der Waals surface area (Å²) < 4.78 is 0. The zero-order chi connectivity index (χ0) is 32.4. The molecule has 5 nitrogen and oxygen atoms in total. The van der Waals surface area contributed by atoms with E-state index >= 15 is 0 Å². The van der Waals surface area contributed by atoms with Crippen LogP contribution >= 0.6 is 0 Å². The van der Waals surface area contributed by atoms with Gasteiger partial charge in [-0.3, -0.25) is 4.79 Å². The maximum absolute atomic E-state index is 12.4. The average molecular weight is 626 g/mol. The van der Waals surface area contributed by atoms with E-state index in [1.807, 2.05) is 0 Å². The Morgan fingerprint density at radius 3 is 1.09 bits per heavy atom. The van der Waals surface area contributed by atoms with Gasteiger partial charge < -0.3 is 20.6 Å². The van der Waals surface area contributed by atoms with E-state index in [1.165, 1.54) is 161 Å². The third-order valence-electron chi connectivity index (χ3n) is 9.42. The fraction of sp³-hybridized carbons (Fsp3) is 0.974. The number of rotatable bonds is 36. The highest BCUT2D eigenvalue weighted by molar-refractivity contribution is 5.76. The molecule has 3 unspecified atom stereocenters. The lowest BCUT2D eigenvalue weighted by atomic mass is 10.0. The van der Waals surface area contributed by atoms with Gasteiger partial charge in [-0.15, -0.1) is 0 Å². The van der Waals surface area contributed by atoms with Crippen molar-refractivity contribution < 1.29 is 20.1 Å². The molecule has 0 aromatic carbocycles. The van der Waals surface area contributed by atoms with Crippen molar-refractivity contribution in [2.45, 2.75) is 238 Å². The minimum Gasteiger partial charge on any atom is -0.394 e. The van der Waals surface area contributed by atoms with Crippen molar-refractivity contribution in [1.29, 1.82) is 0 Å². The lowest BCUT2D eigenvalue weighted by Crippen LogP contribution is -2.46. The number of hydrogen-bond acceptors (Lipinski definition) is 4. The minimum atomic E-state index is -0.742. The highest BCUT2D eigenvalue weighted by Gasteiger charge is 2.21. The van der Waals surface area contributed by atoms with Gasteiger partial charge in [0.1, 0.15) is 0 Å². The Bertz CT molecular complexity index is 572. The summed E-state index contributed by atoms with van der Waals surface area (Å²) >= 11 is 0. The van der Waals surface area contributed by atoms with E-state index in [-0.39, 0.29) is 18.9 Å². The van der Waals surface area contributed by atoms with Crippen LogP contribution < -0.4 is 5.32 Å². The number of hydrogen-bond donors (Lipinski definition) is 4. The Labute approximate surface area is 275 Å². The quantitative estimate of drug-likeness (QED) is 0.0521. The SMILES string of the molecule is CCCCCCCCCCCCCCCCCCCCC(O)C(CO)NC(=O)CC(O)CCCCCCCCCCCCC. The van der Waals surface area contributed by atoms with Crippen LogP contribution in [0.15, 0.2) is 0 Å². The summed E-state index contributed by atoms with van der Waals surface area (Å²) in [6.07, 6.45) is 37.7. The Balaban J connectivity index is 3.60. The molecule has 0 spiro atoms. The minimum absolute atomic E-state index is 0.0418. The van der Waals surface area contributed by atoms with E-state index in [1.54, 1.807) is 0 Å². The van der Waals surface area contributed by atoms with Crippen molar-refractivity contribution in [3.8, 4) is 0 Å². The maximum atomic E-state index is 12.4. The van der Waals surface area contributed by atoms with Crippen LogP contribution in [0.5, 0.6) is 0 Å². The molecule has 3 atom stereocenters. The zero-order valence-corrected chi connectivity index (χ0v) is 29.8. The van der Waals surface area contributed by atoms with E-state index in [2.05, 4.69) is 19.2 Å². The molecule has 0 radical (unpaired) electrons. The van der Waals surface area contributed by atoms with Crippen molar-refractivity contribution in [1.82, 2.24) is 5.32 Å². The number of carbonyl (C=O) groups excluding carboxylic acids is 1. The molecule has 0 fully saturated rings. The van der Waals surface area contributed by atoms with Crippen molar-refractivity contribution >= 4 is 5.91 Å². The molecule has 0 aliphatic rings. The summed E-state index contributed by atoms with van der Waals surface area (Å²) in [6, 6.07) is -0.650. The van der Waals surface area contributed by atoms with Gasteiger partial charge in [0, 0.05) is 0 Å². The Morgan fingerprint density at radius 2 is 0.773 bits per heavy atom. The average Bonchev–Trinajstić information content (AvgIpc) is 3.01. The van der Waals surface area contributed by atoms with Gasteiger partial charge in [0.25, 0.3) is 0 Å². The van der Waals surface area contributed by atoms with Crippen molar-refractivity contribution in [2.24, 2.45) is 0 Å². The summed E-state index contributed by atoms with van der Waals surface area (Å²) in [5.74, 6) is -0.281. The fourth-order valence-corrected chi connectivity index (χ4v) is 6.35. The van der Waals surface area contributed by atoms with Gasteiger partial charge >= 0.3 is 0 Å². The Hall–Kier alpha value is -0.650. The highest BCUT2D eigenvalue weighted by Crippen LogP contribution is 2.16. The van der Waals surface area contributed by atoms with Crippen LogP contribution in [-0.4, -0.2) is 46.1 Å². The predicted molar refractivity (Wildman–Crippen MR) is 190 cm³/mol. The van der Waals surface area contributed by atoms with E-state index in [9.17, 15) is 20.1 Å². The van der Waals surface area contributed by atoms with E-state index in [4.69, 9.17) is 0 Å². The maximum Gasteiger partial charge on any atom is 0.222 e. The molecule has 0 aromatic rings. The normalized spacial score (nSPS) is 13.7. The summed E-state index contributed by atoms with van der Waals surface area (Å²) in [4.78, 5) is 12.4. The molecule has 5 heteroatoms. The first-order valence-corrected chi connectivity index (χ1v) is 19.8. The first-order valence-electron chi connectivity index (χ1n) is 19.8. The molecule has 0 aromatic heterocycles. The molecule has 0 saturated carbocycles. The standard InChI is InChI=1S/C39H79NO4/c1-3-5-7-9-11-13-15-16-17-18-19-20-21-23-25-27-29-31-33-38(43)37(35-41)40-39(44)34-36(42)32-30-28-26-24-22-14-12-10-8-6-4-2/h36-38,41-43H,3-35H2,1-2H3,(H,40,44). The fourth-order valence-electron chi connectivity index (χ4n) is 6.35. The molecule has 4 N–H and O–H groups in total. The number of aliphatic hydroxyl groups excluding tert-OH is 3. The van der Waals surface area contributed by atoms with E-state index in [0.29, 0.717) is 12.8 Å². The third-order valence-corrected chi connectivity index (χ3v) is 9.42. The summed E-state index contributed by atoms with van der Waals surface area (Å²) in [6.45, 7) is 4.26. The second-order valence-corrected chi connectivity index (χ2v) is 13.9. The zero-order valence-electron chi connectivity index (χ0n) is 29.8. The molecule has 0 heterocycles. The van der Waals surface area contributed by atoms with Crippen LogP contribution in [0.1, 0.15) is 219 Å². The molecule has 0 aliphatic heterocycles. The molecule has 264 valence electrons. The summed E-state index contributed by atoms with van der Waals surface area (Å²) in [7, 11) is 0. The molecule has 0 rings (SSSR count). The number of carbonyl (C=O) groups is 1. The lowest BCUT2D eigenvalue weighted by molar-refractivity contribution is -0.125. The van der Waals surface area contributed by atoms with Gasteiger partial charge in [0.2, 0.25) is 5.91 Å². The number of amides is 1. The first kappa shape index (κ1) is 43.4. The molecule has 44 heavy (non-hydrogen) atoms. The Kier molecular flexibility index (Phi) is 34.7. The van der Waals surface area contributed by atoms with Crippen LogP contribution in [0.4, 0.5) is 0 Å². The first-order chi connectivity index (χ1) is 21.5. The van der Waals surface area contributed by atoms with Crippen LogP contribution in [0.2, 0.25) is 0 Å². The van der Waals surface area contributed by atoms with Crippen LogP contribution in [0.25, 0.3) is 0 Å². The molecule has 0 saturated heterocycles. The van der Waals surface area contributed by atoms with Gasteiger partial charge in [0.05, 0.1) is 31.3 Å². The van der Waals surface area contributed by atoms with E-state index in [0.717, 1.165) is 25.7 Å². The van der Waals surface area contributed by atoms with Crippen LogP contribution in [0, 0.1) is 0 Å². The van der Waals surface area contributed by atoms with Gasteiger partial charge in [-0.05, 0) is 12.8 Å². The summed E-state index contributed by atoms with van der Waals surface area (Å²) in [5, 5.41) is 33.2. The monoisotopic (exact) mass is 626 g/mol. The van der Waals surface area contributed by atoms with Crippen LogP contribution in [-0.2, 0) is 4.79 Å². The molecule has 0 aliphatic carbocycles. The van der Waals surface area contributed by atoms with E-state index < -0.39 is 18.2 Å². The molecule has 1 amide bonds. The second kappa shape index (κ2) is 35.2. The largest absolute Gasteiger partial charge is 0.394 e. The van der Waals surface area contributed by atoms with Crippen molar-refractivity contribution in [2.75, 3.05) is 6.61 Å². The van der Waals surface area contributed by atoms with Gasteiger partial charge in [0.15, 0.2) is 0 Å². The van der Waals surface area contributed by atoms with Gasteiger partial charge in [-0.1, -0.05) is 200 Å². The molecule has 0 bridgehead atoms. The molecular weight excluding hydrogens is 546 g/mol. The predicted octanol–water partition coefficient (Wildman–Crippen LogP) is 10.7. The second-order valence-electron chi connectivity index (χ2n) is 13.9.